The maximum atomic E-state index is 5.41. The van der Waals surface area contributed by atoms with Crippen LogP contribution in [0.15, 0.2) is 4.42 Å². The molecule has 0 aromatic carbocycles. The minimum Gasteiger partial charge on any atom is -0.425 e. The van der Waals surface area contributed by atoms with Gasteiger partial charge in [0.05, 0.1) is 0 Å². The number of rotatable bonds is 6. The average Bonchev–Trinajstić information content (AvgIpc) is 2.54. The molecule has 0 atom stereocenters. The molecule has 4 heteroatoms. The van der Waals surface area contributed by atoms with Gasteiger partial charge in [0.25, 0.3) is 0 Å². The number of hydrogen-bond donors (Lipinski definition) is 1. The van der Waals surface area contributed by atoms with Crippen LogP contribution in [-0.4, -0.2) is 23.3 Å². The van der Waals surface area contributed by atoms with Crippen molar-refractivity contribution in [3.8, 4) is 0 Å². The number of nitrogens with zero attached hydrogens (tertiary/aromatic N) is 2. The second kappa shape index (κ2) is 5.70. The Hall–Kier alpha value is -0.900. The first-order valence-corrected chi connectivity index (χ1v) is 4.88. The van der Waals surface area contributed by atoms with Crippen LogP contribution in [0.3, 0.4) is 0 Å². The third-order valence-corrected chi connectivity index (χ3v) is 1.74. The largest absolute Gasteiger partial charge is 0.425 e. The quantitative estimate of drug-likeness (QED) is 0.673. The van der Waals surface area contributed by atoms with Gasteiger partial charge in [0.2, 0.25) is 11.8 Å². The summed E-state index contributed by atoms with van der Waals surface area (Å²) in [5.74, 6) is 1.50. The highest BCUT2D eigenvalue weighted by Crippen LogP contribution is 2.02. The molecule has 0 fully saturated rings. The molecule has 0 bridgehead atoms. The van der Waals surface area contributed by atoms with Gasteiger partial charge in [-0.3, -0.25) is 0 Å². The number of aryl methyl sites for hydroxylation is 1. The van der Waals surface area contributed by atoms with Gasteiger partial charge in [0.15, 0.2) is 0 Å². The van der Waals surface area contributed by atoms with E-state index in [0.29, 0.717) is 0 Å². The van der Waals surface area contributed by atoms with E-state index in [2.05, 4.69) is 29.4 Å². The Morgan fingerprint density at radius 3 is 2.46 bits per heavy atom. The van der Waals surface area contributed by atoms with Crippen LogP contribution in [0.2, 0.25) is 0 Å². The van der Waals surface area contributed by atoms with Crippen LogP contribution in [-0.2, 0) is 12.8 Å². The van der Waals surface area contributed by atoms with Gasteiger partial charge in [0, 0.05) is 19.4 Å². The minimum absolute atomic E-state index is 0.740. The summed E-state index contributed by atoms with van der Waals surface area (Å²) in [6.45, 7) is 6.07. The summed E-state index contributed by atoms with van der Waals surface area (Å²) < 4.78 is 5.41. The maximum Gasteiger partial charge on any atom is 0.217 e. The van der Waals surface area contributed by atoms with E-state index in [1.165, 1.54) is 0 Å². The fraction of sp³-hybridized carbons (Fsp3) is 0.778. The molecule has 0 radical (unpaired) electrons. The molecule has 0 spiro atoms. The topological polar surface area (TPSA) is 51.0 Å². The first kappa shape index (κ1) is 10.2. The Kier molecular flexibility index (Phi) is 4.46. The second-order valence-corrected chi connectivity index (χ2v) is 2.94. The Labute approximate surface area is 78.7 Å². The first-order valence-electron chi connectivity index (χ1n) is 4.88. The van der Waals surface area contributed by atoms with Crippen LogP contribution in [0.1, 0.15) is 32.0 Å². The number of nitrogens with one attached hydrogen (secondary N) is 1. The van der Waals surface area contributed by atoms with E-state index in [9.17, 15) is 0 Å². The van der Waals surface area contributed by atoms with Gasteiger partial charge < -0.3 is 9.73 Å². The van der Waals surface area contributed by atoms with Crippen molar-refractivity contribution in [3.63, 3.8) is 0 Å². The normalized spacial score (nSPS) is 10.6. The van der Waals surface area contributed by atoms with Gasteiger partial charge in [-0.2, -0.15) is 0 Å². The lowest BCUT2D eigenvalue weighted by Gasteiger charge is -1.95. The van der Waals surface area contributed by atoms with Crippen molar-refractivity contribution in [1.29, 1.82) is 0 Å². The zero-order valence-corrected chi connectivity index (χ0v) is 8.34. The Bertz CT molecular complexity index is 235. The van der Waals surface area contributed by atoms with Gasteiger partial charge in [0.1, 0.15) is 0 Å². The third kappa shape index (κ3) is 3.55. The second-order valence-electron chi connectivity index (χ2n) is 2.94. The summed E-state index contributed by atoms with van der Waals surface area (Å²) in [5.41, 5.74) is 0. The van der Waals surface area contributed by atoms with Gasteiger partial charge >= 0.3 is 0 Å². The highest BCUT2D eigenvalue weighted by Gasteiger charge is 2.03. The smallest absolute Gasteiger partial charge is 0.217 e. The lowest BCUT2D eigenvalue weighted by atomic mass is 10.3. The summed E-state index contributed by atoms with van der Waals surface area (Å²) >= 11 is 0. The highest BCUT2D eigenvalue weighted by atomic mass is 16.4. The van der Waals surface area contributed by atoms with E-state index in [4.69, 9.17) is 4.42 Å². The molecule has 1 aromatic heterocycles. The van der Waals surface area contributed by atoms with Crippen molar-refractivity contribution in [2.45, 2.75) is 33.1 Å². The van der Waals surface area contributed by atoms with E-state index in [1.54, 1.807) is 0 Å². The SMILES string of the molecule is CCCc1nnc(CCNCC)o1. The summed E-state index contributed by atoms with van der Waals surface area (Å²) in [7, 11) is 0. The molecule has 0 aliphatic carbocycles. The molecule has 1 N–H and O–H groups in total. The average molecular weight is 183 g/mol. The van der Waals surface area contributed by atoms with Crippen molar-refractivity contribution in [2.24, 2.45) is 0 Å². The lowest BCUT2D eigenvalue weighted by Crippen LogP contribution is -2.16. The number of aromatic nitrogens is 2. The first-order chi connectivity index (χ1) is 6.36. The third-order valence-electron chi connectivity index (χ3n) is 1.74. The van der Waals surface area contributed by atoms with Crippen molar-refractivity contribution in [2.75, 3.05) is 13.1 Å². The lowest BCUT2D eigenvalue weighted by molar-refractivity contribution is 0.443. The number of hydrogen-bond acceptors (Lipinski definition) is 4. The van der Waals surface area contributed by atoms with E-state index in [-0.39, 0.29) is 0 Å². The Morgan fingerprint density at radius 1 is 1.15 bits per heavy atom. The molecule has 0 unspecified atom stereocenters. The Balaban J connectivity index is 2.31. The molecule has 1 aromatic rings. The van der Waals surface area contributed by atoms with Crippen molar-refractivity contribution in [3.05, 3.63) is 11.8 Å². The molecule has 0 aliphatic heterocycles. The molecule has 0 aliphatic rings. The Morgan fingerprint density at radius 2 is 1.85 bits per heavy atom. The van der Waals surface area contributed by atoms with E-state index in [0.717, 1.165) is 44.1 Å². The predicted molar refractivity (Wildman–Crippen MR) is 50.5 cm³/mol. The van der Waals surface area contributed by atoms with Crippen LogP contribution < -0.4 is 5.32 Å². The van der Waals surface area contributed by atoms with Crippen LogP contribution in [0.5, 0.6) is 0 Å². The molecule has 1 heterocycles. The summed E-state index contributed by atoms with van der Waals surface area (Å²) in [6, 6.07) is 0. The van der Waals surface area contributed by atoms with Crippen LogP contribution >= 0.6 is 0 Å². The van der Waals surface area contributed by atoms with E-state index >= 15 is 0 Å². The molecule has 0 amide bonds. The van der Waals surface area contributed by atoms with Crippen molar-refractivity contribution in [1.82, 2.24) is 15.5 Å². The van der Waals surface area contributed by atoms with Gasteiger partial charge in [-0.25, -0.2) is 0 Å². The van der Waals surface area contributed by atoms with Crippen molar-refractivity contribution < 1.29 is 4.42 Å². The molecule has 0 saturated carbocycles. The molecule has 13 heavy (non-hydrogen) atoms. The molecule has 4 nitrogen and oxygen atoms in total. The monoisotopic (exact) mass is 183 g/mol. The van der Waals surface area contributed by atoms with E-state index in [1.807, 2.05) is 0 Å². The fourth-order valence-corrected chi connectivity index (χ4v) is 1.08. The summed E-state index contributed by atoms with van der Waals surface area (Å²) in [6.07, 6.45) is 2.76. The van der Waals surface area contributed by atoms with Crippen LogP contribution in [0.25, 0.3) is 0 Å². The van der Waals surface area contributed by atoms with Crippen LogP contribution in [0, 0.1) is 0 Å². The molecule has 0 saturated heterocycles. The highest BCUT2D eigenvalue weighted by molar-refractivity contribution is 4.82. The zero-order chi connectivity index (χ0) is 9.52. The predicted octanol–water partition coefficient (Wildman–Crippen LogP) is 1.17. The summed E-state index contributed by atoms with van der Waals surface area (Å²) in [5, 5.41) is 11.1. The maximum absolute atomic E-state index is 5.41. The molecular weight excluding hydrogens is 166 g/mol. The van der Waals surface area contributed by atoms with E-state index < -0.39 is 0 Å². The molecule has 1 rings (SSSR count). The standard InChI is InChI=1S/C9H17N3O/c1-3-5-8-11-12-9(13-8)6-7-10-4-2/h10H,3-7H2,1-2H3. The summed E-state index contributed by atoms with van der Waals surface area (Å²) in [4.78, 5) is 0. The van der Waals surface area contributed by atoms with Gasteiger partial charge in [-0.1, -0.05) is 13.8 Å². The minimum atomic E-state index is 0.740. The molecular formula is C9H17N3O. The fourth-order valence-electron chi connectivity index (χ4n) is 1.08. The zero-order valence-electron chi connectivity index (χ0n) is 8.34. The number of likely N-dealkylation sites (N-methyl/N-ethyl adjacent to an activating group) is 1. The van der Waals surface area contributed by atoms with Crippen LogP contribution in [0.4, 0.5) is 0 Å². The van der Waals surface area contributed by atoms with Crippen molar-refractivity contribution >= 4 is 0 Å². The van der Waals surface area contributed by atoms with Gasteiger partial charge in [-0.05, 0) is 13.0 Å². The molecule has 74 valence electrons. The van der Waals surface area contributed by atoms with Gasteiger partial charge in [-0.15, -0.1) is 10.2 Å².